The summed E-state index contributed by atoms with van der Waals surface area (Å²) in [6.45, 7) is 1.97. The van der Waals surface area contributed by atoms with E-state index >= 15 is 0 Å². The third-order valence-electron chi connectivity index (χ3n) is 2.28. The van der Waals surface area contributed by atoms with Gasteiger partial charge in [-0.15, -0.1) is 23.1 Å². The molecule has 0 atom stereocenters. The van der Waals surface area contributed by atoms with Crippen molar-refractivity contribution in [3.8, 4) is 0 Å². The third-order valence-corrected chi connectivity index (χ3v) is 4.57. The van der Waals surface area contributed by atoms with Crippen LogP contribution in [0.4, 0.5) is 0 Å². The highest BCUT2D eigenvalue weighted by Gasteiger charge is 2.10. The van der Waals surface area contributed by atoms with Crippen LogP contribution in [0.3, 0.4) is 0 Å². The molecule has 0 spiro atoms. The number of carbonyl (C=O) groups excluding carboxylic acids is 1. The molecule has 0 aliphatic heterocycles. The summed E-state index contributed by atoms with van der Waals surface area (Å²) >= 11 is 8.92. The van der Waals surface area contributed by atoms with Crippen LogP contribution in [0.25, 0.3) is 0 Å². The highest BCUT2D eigenvalue weighted by molar-refractivity contribution is 8.00. The van der Waals surface area contributed by atoms with E-state index in [-0.39, 0.29) is 5.78 Å². The predicted molar refractivity (Wildman–Crippen MR) is 75.6 cm³/mol. The lowest BCUT2D eigenvalue weighted by molar-refractivity contribution is 0.102. The Morgan fingerprint density at radius 2 is 2.24 bits per heavy atom. The van der Waals surface area contributed by atoms with Crippen molar-refractivity contribution in [1.82, 2.24) is 0 Å². The Balaban J connectivity index is 1.99. The van der Waals surface area contributed by atoms with Crippen molar-refractivity contribution in [2.24, 2.45) is 0 Å². The van der Waals surface area contributed by atoms with E-state index in [1.165, 1.54) is 23.1 Å². The van der Waals surface area contributed by atoms with E-state index in [4.69, 9.17) is 11.6 Å². The first-order chi connectivity index (χ1) is 8.16. The van der Waals surface area contributed by atoms with Crippen LogP contribution in [0.5, 0.6) is 0 Å². The van der Waals surface area contributed by atoms with Gasteiger partial charge >= 0.3 is 0 Å². The Labute approximate surface area is 114 Å². The summed E-state index contributed by atoms with van der Waals surface area (Å²) < 4.78 is 0. The van der Waals surface area contributed by atoms with E-state index in [0.717, 1.165) is 15.3 Å². The quantitative estimate of drug-likeness (QED) is 0.598. The molecule has 4 heteroatoms. The molecule has 0 saturated heterocycles. The van der Waals surface area contributed by atoms with Crippen LogP contribution in [0, 0.1) is 6.92 Å². The van der Waals surface area contributed by atoms with Gasteiger partial charge in [-0.1, -0.05) is 17.7 Å². The molecule has 2 aromatic rings. The van der Waals surface area contributed by atoms with Gasteiger partial charge < -0.3 is 0 Å². The van der Waals surface area contributed by atoms with Crippen LogP contribution < -0.4 is 0 Å². The van der Waals surface area contributed by atoms with Crippen molar-refractivity contribution in [3.05, 3.63) is 51.2 Å². The lowest BCUT2D eigenvalue weighted by Crippen LogP contribution is -2.01. The Bertz CT molecular complexity index is 534. The molecule has 2 rings (SSSR count). The van der Waals surface area contributed by atoms with Gasteiger partial charge in [0.05, 0.1) is 10.6 Å². The first-order valence-electron chi connectivity index (χ1n) is 5.12. The van der Waals surface area contributed by atoms with Crippen LogP contribution in [0.2, 0.25) is 5.02 Å². The van der Waals surface area contributed by atoms with E-state index in [0.29, 0.717) is 10.8 Å². The van der Waals surface area contributed by atoms with Crippen molar-refractivity contribution in [1.29, 1.82) is 0 Å². The maximum absolute atomic E-state index is 11.9. The van der Waals surface area contributed by atoms with Crippen molar-refractivity contribution in [2.45, 2.75) is 11.8 Å². The fourth-order valence-corrected chi connectivity index (χ4v) is 3.47. The standard InChI is InChI=1S/C13H11ClOS2/c1-9-5-6-16-13(9)12(15)8-17-11-4-2-3-10(14)7-11/h2-7H,8H2,1H3. The molecule has 17 heavy (non-hydrogen) atoms. The summed E-state index contributed by atoms with van der Waals surface area (Å²) in [5, 5.41) is 2.65. The van der Waals surface area contributed by atoms with Crippen LogP contribution in [0.1, 0.15) is 15.2 Å². The SMILES string of the molecule is Cc1ccsc1C(=O)CSc1cccc(Cl)c1. The van der Waals surface area contributed by atoms with Gasteiger partial charge in [0.15, 0.2) is 5.78 Å². The van der Waals surface area contributed by atoms with Crippen molar-refractivity contribution < 1.29 is 4.79 Å². The number of hydrogen-bond acceptors (Lipinski definition) is 3. The molecule has 88 valence electrons. The zero-order valence-electron chi connectivity index (χ0n) is 9.27. The van der Waals surface area contributed by atoms with Gasteiger partial charge in [0, 0.05) is 9.92 Å². The summed E-state index contributed by atoms with van der Waals surface area (Å²) in [7, 11) is 0. The molecular formula is C13H11ClOS2. The first kappa shape index (κ1) is 12.7. The largest absolute Gasteiger partial charge is 0.292 e. The molecule has 0 aliphatic carbocycles. The molecule has 0 radical (unpaired) electrons. The molecule has 0 saturated carbocycles. The number of rotatable bonds is 4. The number of halogens is 1. The van der Waals surface area contributed by atoms with E-state index < -0.39 is 0 Å². The molecule has 1 aromatic carbocycles. The normalized spacial score (nSPS) is 10.5. The molecule has 0 bridgehead atoms. The smallest absolute Gasteiger partial charge is 0.183 e. The number of carbonyl (C=O) groups is 1. The van der Waals surface area contributed by atoms with E-state index in [9.17, 15) is 4.79 Å². The highest BCUT2D eigenvalue weighted by atomic mass is 35.5. The fourth-order valence-electron chi connectivity index (χ4n) is 1.43. The second kappa shape index (κ2) is 5.71. The van der Waals surface area contributed by atoms with Gasteiger partial charge in [-0.2, -0.15) is 0 Å². The summed E-state index contributed by atoms with van der Waals surface area (Å²) in [5.74, 6) is 0.643. The fraction of sp³-hybridized carbons (Fsp3) is 0.154. The number of aryl methyl sites for hydroxylation is 1. The van der Waals surface area contributed by atoms with Gasteiger partial charge in [0.2, 0.25) is 0 Å². The molecular weight excluding hydrogens is 272 g/mol. The Hall–Kier alpha value is -0.770. The Morgan fingerprint density at radius 3 is 2.88 bits per heavy atom. The minimum absolute atomic E-state index is 0.183. The number of thioether (sulfide) groups is 1. The highest BCUT2D eigenvalue weighted by Crippen LogP contribution is 2.24. The second-order valence-corrected chi connectivity index (χ2v) is 6.00. The third kappa shape index (κ3) is 3.35. The van der Waals surface area contributed by atoms with Crippen LogP contribution in [-0.2, 0) is 0 Å². The minimum atomic E-state index is 0.183. The number of hydrogen-bond donors (Lipinski definition) is 0. The van der Waals surface area contributed by atoms with Gasteiger partial charge in [-0.05, 0) is 42.1 Å². The maximum atomic E-state index is 11.9. The topological polar surface area (TPSA) is 17.1 Å². The van der Waals surface area contributed by atoms with Crippen molar-refractivity contribution >= 4 is 40.5 Å². The van der Waals surface area contributed by atoms with Gasteiger partial charge in [0.25, 0.3) is 0 Å². The summed E-state index contributed by atoms with van der Waals surface area (Å²) in [6.07, 6.45) is 0. The van der Waals surface area contributed by atoms with Gasteiger partial charge in [-0.25, -0.2) is 0 Å². The number of Topliss-reactive ketones (excluding diaryl/α,β-unsaturated/α-hetero) is 1. The van der Waals surface area contributed by atoms with Gasteiger partial charge in [0.1, 0.15) is 0 Å². The molecule has 0 N–H and O–H groups in total. The Morgan fingerprint density at radius 1 is 1.41 bits per heavy atom. The molecule has 0 unspecified atom stereocenters. The zero-order valence-corrected chi connectivity index (χ0v) is 11.7. The van der Waals surface area contributed by atoms with E-state index in [2.05, 4.69) is 0 Å². The maximum Gasteiger partial charge on any atom is 0.183 e. The van der Waals surface area contributed by atoms with Gasteiger partial charge in [-0.3, -0.25) is 4.79 Å². The molecule has 1 aromatic heterocycles. The molecule has 1 nitrogen and oxygen atoms in total. The molecule has 0 fully saturated rings. The first-order valence-corrected chi connectivity index (χ1v) is 7.37. The summed E-state index contributed by atoms with van der Waals surface area (Å²) in [5.41, 5.74) is 1.06. The van der Waals surface area contributed by atoms with Crippen molar-refractivity contribution in [2.75, 3.05) is 5.75 Å². The lowest BCUT2D eigenvalue weighted by Gasteiger charge is -2.01. The number of ketones is 1. The molecule has 0 aliphatic rings. The minimum Gasteiger partial charge on any atom is -0.292 e. The summed E-state index contributed by atoms with van der Waals surface area (Å²) in [4.78, 5) is 13.8. The van der Waals surface area contributed by atoms with Crippen LogP contribution >= 0.6 is 34.7 Å². The van der Waals surface area contributed by atoms with Crippen LogP contribution in [-0.4, -0.2) is 11.5 Å². The second-order valence-electron chi connectivity index (χ2n) is 3.60. The summed E-state index contributed by atoms with van der Waals surface area (Å²) in [6, 6.07) is 9.54. The van der Waals surface area contributed by atoms with E-state index in [1.807, 2.05) is 42.6 Å². The Kier molecular flexibility index (Phi) is 4.26. The number of thiophene rings is 1. The molecule has 1 heterocycles. The lowest BCUT2D eigenvalue weighted by atomic mass is 10.2. The zero-order chi connectivity index (χ0) is 12.3. The van der Waals surface area contributed by atoms with Crippen molar-refractivity contribution in [3.63, 3.8) is 0 Å². The monoisotopic (exact) mass is 282 g/mol. The van der Waals surface area contributed by atoms with Crippen LogP contribution in [0.15, 0.2) is 40.6 Å². The number of benzene rings is 1. The van der Waals surface area contributed by atoms with E-state index in [1.54, 1.807) is 0 Å². The average molecular weight is 283 g/mol. The predicted octanol–water partition coefficient (Wildman–Crippen LogP) is 4.68. The molecule has 0 amide bonds. The average Bonchev–Trinajstić information content (AvgIpc) is 2.72.